The van der Waals surface area contributed by atoms with Gasteiger partial charge in [-0.2, -0.15) is 0 Å². The maximum atomic E-state index is 4.50. The molecule has 0 radical (unpaired) electrons. The molecular weight excluding hydrogens is 248 g/mol. The van der Waals surface area contributed by atoms with Crippen LogP contribution in [0, 0.1) is 0 Å². The minimum Gasteiger partial charge on any atom is -0.355 e. The summed E-state index contributed by atoms with van der Waals surface area (Å²) in [5, 5.41) is 4.50. The van der Waals surface area contributed by atoms with E-state index in [0.29, 0.717) is 0 Å². The van der Waals surface area contributed by atoms with Gasteiger partial charge in [0.25, 0.3) is 0 Å². The van der Waals surface area contributed by atoms with Crippen molar-refractivity contribution >= 4 is 16.9 Å². The number of anilines is 1. The van der Waals surface area contributed by atoms with Crippen LogP contribution in [0.3, 0.4) is 0 Å². The van der Waals surface area contributed by atoms with Gasteiger partial charge in [-0.3, -0.25) is 9.55 Å². The average molecular weight is 266 g/mol. The molecule has 0 unspecified atom stereocenters. The van der Waals surface area contributed by atoms with Crippen molar-refractivity contribution in [2.75, 3.05) is 11.9 Å². The summed E-state index contributed by atoms with van der Waals surface area (Å²) in [6.07, 6.45) is 7.96. The molecule has 0 fully saturated rings. The van der Waals surface area contributed by atoms with Gasteiger partial charge in [-0.15, -0.1) is 0 Å². The molecule has 0 aliphatic carbocycles. The number of unbranched alkanes of at least 4 members (excludes halogenated alkanes) is 1. The number of imidazole rings is 1. The van der Waals surface area contributed by atoms with E-state index in [1.54, 1.807) is 0 Å². The molecule has 0 aliphatic heterocycles. The van der Waals surface area contributed by atoms with Crippen LogP contribution in [0.1, 0.15) is 19.8 Å². The maximum Gasteiger partial charge on any atom is 0.207 e. The summed E-state index contributed by atoms with van der Waals surface area (Å²) in [5.74, 6) is 0.871. The number of para-hydroxylation sites is 1. The Kier molecular flexibility index (Phi) is 3.63. The van der Waals surface area contributed by atoms with E-state index in [4.69, 9.17) is 0 Å². The Bertz CT molecular complexity index is 702. The molecule has 0 amide bonds. The van der Waals surface area contributed by atoms with Gasteiger partial charge in [0.15, 0.2) is 0 Å². The predicted octanol–water partition coefficient (Wildman–Crippen LogP) is 3.63. The number of hydrogen-bond acceptors (Lipinski definition) is 3. The number of nitrogens with zero attached hydrogens (tertiary/aromatic N) is 3. The van der Waals surface area contributed by atoms with Crippen LogP contribution in [0.5, 0.6) is 0 Å². The number of hydrogen-bond donors (Lipinski definition) is 1. The fraction of sp³-hybridized carbons (Fsp3) is 0.250. The predicted molar refractivity (Wildman–Crippen MR) is 82.3 cm³/mol. The molecule has 0 aliphatic rings. The third-order valence-electron chi connectivity index (χ3n) is 3.31. The third-order valence-corrected chi connectivity index (χ3v) is 3.31. The van der Waals surface area contributed by atoms with Crippen LogP contribution in [-0.2, 0) is 0 Å². The fourth-order valence-corrected chi connectivity index (χ4v) is 2.21. The Morgan fingerprint density at radius 1 is 1.20 bits per heavy atom. The average Bonchev–Trinajstić information content (AvgIpc) is 2.95. The van der Waals surface area contributed by atoms with Crippen LogP contribution in [0.4, 0.5) is 5.95 Å². The Labute approximate surface area is 118 Å². The summed E-state index contributed by atoms with van der Waals surface area (Å²) in [6, 6.07) is 10.3. The van der Waals surface area contributed by atoms with Crippen LogP contribution in [0.2, 0.25) is 0 Å². The number of rotatable bonds is 5. The highest BCUT2D eigenvalue weighted by Gasteiger charge is 2.05. The normalized spacial score (nSPS) is 10.8. The lowest BCUT2D eigenvalue weighted by atomic mass is 10.2. The van der Waals surface area contributed by atoms with Crippen molar-refractivity contribution in [1.82, 2.24) is 14.5 Å². The van der Waals surface area contributed by atoms with Crippen LogP contribution in [0.15, 0.2) is 48.9 Å². The summed E-state index contributed by atoms with van der Waals surface area (Å²) in [7, 11) is 0. The quantitative estimate of drug-likeness (QED) is 0.717. The van der Waals surface area contributed by atoms with E-state index in [0.717, 1.165) is 35.5 Å². The zero-order valence-corrected chi connectivity index (χ0v) is 11.6. The van der Waals surface area contributed by atoms with Crippen molar-refractivity contribution in [3.63, 3.8) is 0 Å². The van der Waals surface area contributed by atoms with Crippen LogP contribution in [-0.4, -0.2) is 21.1 Å². The lowest BCUT2D eigenvalue weighted by molar-refractivity contribution is 0.823. The molecule has 2 heterocycles. The largest absolute Gasteiger partial charge is 0.355 e. The van der Waals surface area contributed by atoms with Crippen LogP contribution >= 0.6 is 0 Å². The minimum atomic E-state index is 0.871. The van der Waals surface area contributed by atoms with Gasteiger partial charge in [-0.05, 0) is 18.6 Å². The lowest BCUT2D eigenvalue weighted by Gasteiger charge is -2.10. The molecule has 0 atom stereocenters. The molecule has 20 heavy (non-hydrogen) atoms. The van der Waals surface area contributed by atoms with E-state index in [9.17, 15) is 0 Å². The van der Waals surface area contributed by atoms with Crippen molar-refractivity contribution in [2.45, 2.75) is 19.8 Å². The van der Waals surface area contributed by atoms with Gasteiger partial charge in [0.1, 0.15) is 0 Å². The van der Waals surface area contributed by atoms with Crippen molar-refractivity contribution in [1.29, 1.82) is 0 Å². The van der Waals surface area contributed by atoms with E-state index in [-0.39, 0.29) is 0 Å². The summed E-state index contributed by atoms with van der Waals surface area (Å²) in [6.45, 7) is 3.12. The topological polar surface area (TPSA) is 42.7 Å². The van der Waals surface area contributed by atoms with E-state index in [1.807, 2.05) is 41.4 Å². The summed E-state index contributed by atoms with van der Waals surface area (Å²) >= 11 is 0. The molecule has 4 heteroatoms. The Morgan fingerprint density at radius 2 is 2.10 bits per heavy atom. The second-order valence-electron chi connectivity index (χ2n) is 4.79. The van der Waals surface area contributed by atoms with Crippen molar-refractivity contribution < 1.29 is 0 Å². The molecule has 1 aromatic carbocycles. The number of benzene rings is 1. The zero-order chi connectivity index (χ0) is 13.8. The lowest BCUT2D eigenvalue weighted by Crippen LogP contribution is -2.07. The highest BCUT2D eigenvalue weighted by molar-refractivity contribution is 5.80. The molecule has 2 aromatic heterocycles. The molecule has 0 saturated heterocycles. The van der Waals surface area contributed by atoms with Gasteiger partial charge < -0.3 is 5.32 Å². The monoisotopic (exact) mass is 266 g/mol. The second-order valence-corrected chi connectivity index (χ2v) is 4.79. The number of pyridine rings is 1. The first kappa shape index (κ1) is 12.7. The van der Waals surface area contributed by atoms with Crippen molar-refractivity contribution in [3.8, 4) is 5.69 Å². The zero-order valence-electron chi connectivity index (χ0n) is 11.6. The van der Waals surface area contributed by atoms with Gasteiger partial charge in [0.2, 0.25) is 5.95 Å². The maximum absolute atomic E-state index is 4.50. The van der Waals surface area contributed by atoms with Gasteiger partial charge in [-0.1, -0.05) is 31.5 Å². The first-order valence-electron chi connectivity index (χ1n) is 7.01. The minimum absolute atomic E-state index is 0.871. The fourth-order valence-electron chi connectivity index (χ4n) is 2.21. The number of fused-ring (bicyclic) bond motifs is 1. The van der Waals surface area contributed by atoms with E-state index in [2.05, 4.69) is 34.3 Å². The van der Waals surface area contributed by atoms with Gasteiger partial charge in [0, 0.05) is 24.3 Å². The first-order valence-corrected chi connectivity index (χ1v) is 7.01. The number of nitrogens with one attached hydrogen (secondary N) is 1. The number of aromatic nitrogens is 3. The van der Waals surface area contributed by atoms with Gasteiger partial charge >= 0.3 is 0 Å². The van der Waals surface area contributed by atoms with Crippen LogP contribution < -0.4 is 5.32 Å². The van der Waals surface area contributed by atoms with E-state index < -0.39 is 0 Å². The van der Waals surface area contributed by atoms with Crippen molar-refractivity contribution in [2.24, 2.45) is 0 Å². The van der Waals surface area contributed by atoms with Gasteiger partial charge in [0.05, 0.1) is 17.4 Å². The molecule has 3 rings (SSSR count). The first-order chi connectivity index (χ1) is 9.88. The third kappa shape index (κ3) is 2.50. The molecule has 0 spiro atoms. The molecule has 3 aromatic rings. The standard InChI is InChI=1S/C16H18N4/c1-2-3-8-17-16-18-9-10-20(16)14-11-13-6-4-5-7-15(13)19-12-14/h4-7,9-12H,2-3,8H2,1H3,(H,17,18). The Morgan fingerprint density at radius 3 is 3.00 bits per heavy atom. The molecule has 0 bridgehead atoms. The molecule has 4 nitrogen and oxygen atoms in total. The summed E-state index contributed by atoms with van der Waals surface area (Å²) in [5.41, 5.74) is 2.04. The smallest absolute Gasteiger partial charge is 0.207 e. The van der Waals surface area contributed by atoms with Crippen molar-refractivity contribution in [3.05, 3.63) is 48.9 Å². The highest BCUT2D eigenvalue weighted by atomic mass is 15.2. The second kappa shape index (κ2) is 5.74. The Hall–Kier alpha value is -2.36. The molecular formula is C16H18N4. The molecule has 1 N–H and O–H groups in total. The highest BCUT2D eigenvalue weighted by Crippen LogP contribution is 2.18. The SMILES string of the molecule is CCCCNc1nccn1-c1cnc2ccccc2c1. The summed E-state index contributed by atoms with van der Waals surface area (Å²) < 4.78 is 2.04. The van der Waals surface area contributed by atoms with Crippen LogP contribution in [0.25, 0.3) is 16.6 Å². The van der Waals surface area contributed by atoms with Gasteiger partial charge in [-0.25, -0.2) is 4.98 Å². The Balaban J connectivity index is 1.92. The van der Waals surface area contributed by atoms with E-state index >= 15 is 0 Å². The molecule has 0 saturated carbocycles. The molecule has 102 valence electrons. The van der Waals surface area contributed by atoms with E-state index in [1.165, 1.54) is 6.42 Å². The summed E-state index contributed by atoms with van der Waals surface area (Å²) in [4.78, 5) is 8.87.